The Morgan fingerprint density at radius 2 is 1.70 bits per heavy atom. The van der Waals surface area contributed by atoms with Crippen LogP contribution in [0, 0.1) is 0 Å². The topological polar surface area (TPSA) is 120 Å². The molecule has 2 aromatic carbocycles. The molecular formula is C23H25N3O7. The second-order valence-corrected chi connectivity index (χ2v) is 7.98. The van der Waals surface area contributed by atoms with Gasteiger partial charge in [0.1, 0.15) is 12.1 Å². The van der Waals surface area contributed by atoms with E-state index in [-0.39, 0.29) is 5.88 Å². The third-order valence-electron chi connectivity index (χ3n) is 4.49. The van der Waals surface area contributed by atoms with Gasteiger partial charge in [-0.25, -0.2) is 19.8 Å². The molecule has 0 spiro atoms. The van der Waals surface area contributed by atoms with Gasteiger partial charge in [0.15, 0.2) is 17.5 Å². The maximum atomic E-state index is 11.9. The molecule has 0 aliphatic carbocycles. The summed E-state index contributed by atoms with van der Waals surface area (Å²) in [7, 11) is 3.06. The van der Waals surface area contributed by atoms with Gasteiger partial charge in [-0.15, -0.1) is 0 Å². The van der Waals surface area contributed by atoms with E-state index in [0.717, 1.165) is 5.06 Å². The number of nitrogens with zero attached hydrogens (tertiary/aromatic N) is 3. The smallest absolute Gasteiger partial charge is 0.333 e. The summed E-state index contributed by atoms with van der Waals surface area (Å²) in [6, 6.07) is 8.36. The average Bonchev–Trinajstić information content (AvgIpc) is 2.77. The molecular weight excluding hydrogens is 430 g/mol. The molecule has 3 aromatic rings. The van der Waals surface area contributed by atoms with Crippen molar-refractivity contribution in [2.24, 2.45) is 0 Å². The number of hydrogen-bond donors (Lipinski definition) is 1. The van der Waals surface area contributed by atoms with E-state index in [1.807, 2.05) is 0 Å². The fraction of sp³-hybridized carbons (Fsp3) is 0.304. The number of benzene rings is 2. The van der Waals surface area contributed by atoms with E-state index in [1.54, 1.807) is 57.2 Å². The van der Waals surface area contributed by atoms with E-state index in [2.05, 4.69) is 9.97 Å². The summed E-state index contributed by atoms with van der Waals surface area (Å²) in [6.07, 6.45) is 1.72. The van der Waals surface area contributed by atoms with Gasteiger partial charge in [0.05, 0.1) is 30.7 Å². The Kier molecular flexibility index (Phi) is 6.98. The lowest BCUT2D eigenvalue weighted by Crippen LogP contribution is -2.39. The van der Waals surface area contributed by atoms with Crippen molar-refractivity contribution in [1.29, 1.82) is 0 Å². The van der Waals surface area contributed by atoms with Crippen molar-refractivity contribution in [3.8, 4) is 23.1 Å². The molecule has 0 aliphatic heterocycles. The molecule has 174 valence electrons. The standard InChI is InChI=1S/C23H25N3O7/c1-23(2,3)33-26(13-27)20(22(28)29)14-6-8-15(9-7-14)32-21-16-10-18(30-4)19(31-5)11-17(16)24-12-25-21/h6-13,20H,1-5H3,(H,28,29)/t20-/m0/s1. The zero-order chi connectivity index (χ0) is 24.2. The fourth-order valence-electron chi connectivity index (χ4n) is 3.12. The first kappa shape index (κ1) is 23.7. The molecule has 0 unspecified atom stereocenters. The summed E-state index contributed by atoms with van der Waals surface area (Å²) < 4.78 is 16.6. The molecule has 0 fully saturated rings. The molecule has 1 N–H and O–H groups in total. The van der Waals surface area contributed by atoms with Gasteiger partial charge in [-0.2, -0.15) is 0 Å². The van der Waals surface area contributed by atoms with Crippen molar-refractivity contribution < 1.29 is 33.7 Å². The largest absolute Gasteiger partial charge is 0.493 e. The second kappa shape index (κ2) is 9.70. The van der Waals surface area contributed by atoms with E-state index < -0.39 is 17.6 Å². The van der Waals surface area contributed by atoms with Crippen LogP contribution in [0.1, 0.15) is 32.4 Å². The molecule has 0 saturated heterocycles. The maximum Gasteiger partial charge on any atom is 0.333 e. The Bertz CT molecular complexity index is 1140. The molecule has 33 heavy (non-hydrogen) atoms. The summed E-state index contributed by atoms with van der Waals surface area (Å²) in [5, 5.41) is 11.1. The number of aromatic nitrogens is 2. The SMILES string of the molecule is COc1cc2ncnc(Oc3ccc([C@@H](C(=O)O)N(C=O)OC(C)(C)C)cc3)c2cc1OC. The van der Waals surface area contributed by atoms with Gasteiger partial charge in [-0.05, 0) is 44.5 Å². The number of aliphatic carboxylic acids is 1. The van der Waals surface area contributed by atoms with Crippen LogP contribution >= 0.6 is 0 Å². The summed E-state index contributed by atoms with van der Waals surface area (Å²) in [5.41, 5.74) is 0.182. The molecule has 10 nitrogen and oxygen atoms in total. The van der Waals surface area contributed by atoms with Gasteiger partial charge in [0.2, 0.25) is 12.3 Å². The van der Waals surface area contributed by atoms with Crippen molar-refractivity contribution in [2.75, 3.05) is 14.2 Å². The molecule has 1 atom stereocenters. The molecule has 0 radical (unpaired) electrons. The number of carboxylic acids is 1. The first-order chi connectivity index (χ1) is 15.7. The molecule has 1 amide bonds. The lowest BCUT2D eigenvalue weighted by molar-refractivity contribution is -0.236. The Balaban J connectivity index is 1.90. The molecule has 0 bridgehead atoms. The number of hydrogen-bond acceptors (Lipinski definition) is 8. The van der Waals surface area contributed by atoms with Crippen LogP contribution in [-0.4, -0.2) is 52.3 Å². The number of carbonyl (C=O) groups is 2. The highest BCUT2D eigenvalue weighted by Gasteiger charge is 2.31. The zero-order valence-electron chi connectivity index (χ0n) is 18.9. The fourth-order valence-corrected chi connectivity index (χ4v) is 3.12. The van der Waals surface area contributed by atoms with Crippen LogP contribution < -0.4 is 14.2 Å². The van der Waals surface area contributed by atoms with E-state index in [1.165, 1.54) is 20.5 Å². The number of rotatable bonds is 9. The normalized spacial score (nSPS) is 12.2. The Labute approximate surface area is 190 Å². The van der Waals surface area contributed by atoms with Gasteiger partial charge < -0.3 is 19.3 Å². The summed E-state index contributed by atoms with van der Waals surface area (Å²) in [5.74, 6) is 0.483. The van der Waals surface area contributed by atoms with Crippen LogP contribution in [0.15, 0.2) is 42.7 Å². The molecule has 10 heteroatoms. The lowest BCUT2D eigenvalue weighted by atomic mass is 10.1. The van der Waals surface area contributed by atoms with Crippen LogP contribution in [0.25, 0.3) is 10.9 Å². The molecule has 1 aromatic heterocycles. The Hall–Kier alpha value is -3.92. The second-order valence-electron chi connectivity index (χ2n) is 7.98. The van der Waals surface area contributed by atoms with Crippen LogP contribution in [0.2, 0.25) is 0 Å². The minimum Gasteiger partial charge on any atom is -0.493 e. The van der Waals surface area contributed by atoms with Crippen molar-refractivity contribution in [3.05, 3.63) is 48.3 Å². The summed E-state index contributed by atoms with van der Waals surface area (Å²) in [4.78, 5) is 37.3. The number of ether oxygens (including phenoxy) is 3. The van der Waals surface area contributed by atoms with E-state index in [4.69, 9.17) is 19.0 Å². The Morgan fingerprint density at radius 3 is 2.24 bits per heavy atom. The van der Waals surface area contributed by atoms with Crippen molar-refractivity contribution in [3.63, 3.8) is 0 Å². The number of methoxy groups -OCH3 is 2. The first-order valence-corrected chi connectivity index (χ1v) is 9.97. The highest BCUT2D eigenvalue weighted by Crippen LogP contribution is 2.36. The molecule has 0 aliphatic rings. The Morgan fingerprint density at radius 1 is 1.06 bits per heavy atom. The van der Waals surface area contributed by atoms with Crippen LogP contribution in [-0.2, 0) is 14.4 Å². The average molecular weight is 455 g/mol. The summed E-state index contributed by atoms with van der Waals surface area (Å²) in [6.45, 7) is 5.15. The first-order valence-electron chi connectivity index (χ1n) is 9.97. The minimum absolute atomic E-state index is 0.286. The van der Waals surface area contributed by atoms with Crippen LogP contribution in [0.3, 0.4) is 0 Å². The lowest BCUT2D eigenvalue weighted by Gasteiger charge is -2.31. The summed E-state index contributed by atoms with van der Waals surface area (Å²) >= 11 is 0. The highest BCUT2D eigenvalue weighted by atomic mass is 16.7. The van der Waals surface area contributed by atoms with Gasteiger partial charge in [-0.3, -0.25) is 9.63 Å². The van der Waals surface area contributed by atoms with Crippen molar-refractivity contribution >= 4 is 23.3 Å². The van der Waals surface area contributed by atoms with Gasteiger partial charge >= 0.3 is 5.97 Å². The number of fused-ring (bicyclic) bond motifs is 1. The van der Waals surface area contributed by atoms with Gasteiger partial charge in [0, 0.05) is 6.07 Å². The highest BCUT2D eigenvalue weighted by molar-refractivity contribution is 5.87. The monoisotopic (exact) mass is 455 g/mol. The van der Waals surface area contributed by atoms with Crippen molar-refractivity contribution in [2.45, 2.75) is 32.4 Å². The molecule has 1 heterocycles. The van der Waals surface area contributed by atoms with Gasteiger partial charge in [-0.1, -0.05) is 12.1 Å². The van der Waals surface area contributed by atoms with E-state index >= 15 is 0 Å². The number of carboxylic acid groups (broad SMARTS) is 1. The van der Waals surface area contributed by atoms with Crippen LogP contribution in [0.5, 0.6) is 23.1 Å². The number of carbonyl (C=O) groups excluding carboxylic acids is 1. The third-order valence-corrected chi connectivity index (χ3v) is 4.49. The zero-order valence-corrected chi connectivity index (χ0v) is 18.9. The minimum atomic E-state index is -1.33. The van der Waals surface area contributed by atoms with E-state index in [0.29, 0.717) is 40.1 Å². The predicted molar refractivity (Wildman–Crippen MR) is 118 cm³/mol. The molecule has 0 saturated carbocycles. The van der Waals surface area contributed by atoms with Gasteiger partial charge in [0.25, 0.3) is 0 Å². The third kappa shape index (κ3) is 5.47. The number of amides is 1. The maximum absolute atomic E-state index is 11.9. The van der Waals surface area contributed by atoms with Crippen LogP contribution in [0.4, 0.5) is 0 Å². The quantitative estimate of drug-likeness (QED) is 0.380. The van der Waals surface area contributed by atoms with E-state index in [9.17, 15) is 14.7 Å². The predicted octanol–water partition coefficient (Wildman–Crippen LogP) is 3.75. The number of hydroxylamine groups is 2. The van der Waals surface area contributed by atoms with Crippen molar-refractivity contribution in [1.82, 2.24) is 15.0 Å². The molecule has 3 rings (SSSR count).